The van der Waals surface area contributed by atoms with Gasteiger partial charge in [0.2, 0.25) is 0 Å². The van der Waals surface area contributed by atoms with E-state index in [1.54, 1.807) is 0 Å². The van der Waals surface area contributed by atoms with E-state index in [0.717, 1.165) is 24.1 Å². The average Bonchev–Trinajstić information content (AvgIpc) is 2.67. The molecule has 2 saturated heterocycles. The maximum absolute atomic E-state index is 11.7. The number of nitrogens with one attached hydrogen (secondary N) is 2. The Labute approximate surface area is 119 Å². The minimum absolute atomic E-state index is 0.376. The molecule has 2 fully saturated rings. The summed E-state index contributed by atoms with van der Waals surface area (Å²) in [4.78, 5) is 16.2. The SMILES string of the molecule is Cc1cc(C)c(C(N)=O)c(NC2CC3CCC(C2)N3)n1. The minimum atomic E-state index is -0.408. The molecule has 1 amide bonds. The van der Waals surface area contributed by atoms with E-state index in [2.05, 4.69) is 15.6 Å². The maximum atomic E-state index is 11.7. The Balaban J connectivity index is 1.85. The predicted octanol–water partition coefficient (Wildman–Crippen LogP) is 1.49. The molecule has 3 rings (SSSR count). The van der Waals surface area contributed by atoms with Gasteiger partial charge >= 0.3 is 0 Å². The summed E-state index contributed by atoms with van der Waals surface area (Å²) in [5, 5.41) is 7.08. The summed E-state index contributed by atoms with van der Waals surface area (Å²) >= 11 is 0. The van der Waals surface area contributed by atoms with Crippen LogP contribution in [0.3, 0.4) is 0 Å². The van der Waals surface area contributed by atoms with E-state index in [4.69, 9.17) is 5.73 Å². The number of fused-ring (bicyclic) bond motifs is 2. The molecule has 3 heterocycles. The zero-order valence-electron chi connectivity index (χ0n) is 12.1. The molecule has 5 heteroatoms. The second kappa shape index (κ2) is 5.05. The van der Waals surface area contributed by atoms with E-state index >= 15 is 0 Å². The lowest BCUT2D eigenvalue weighted by Gasteiger charge is -2.30. The quantitative estimate of drug-likeness (QED) is 0.780. The van der Waals surface area contributed by atoms with Gasteiger partial charge in [-0.1, -0.05) is 0 Å². The van der Waals surface area contributed by atoms with Crippen LogP contribution >= 0.6 is 0 Å². The number of nitrogens with zero attached hydrogens (tertiary/aromatic N) is 1. The number of carbonyl (C=O) groups is 1. The van der Waals surface area contributed by atoms with Gasteiger partial charge in [0.05, 0.1) is 5.56 Å². The summed E-state index contributed by atoms with van der Waals surface area (Å²) in [5.41, 5.74) is 7.84. The van der Waals surface area contributed by atoms with E-state index in [1.807, 2.05) is 19.9 Å². The number of aromatic nitrogens is 1. The molecule has 0 aromatic carbocycles. The fourth-order valence-corrected chi connectivity index (χ4v) is 3.62. The molecular formula is C15H22N4O. The van der Waals surface area contributed by atoms with Crippen LogP contribution in [0.5, 0.6) is 0 Å². The van der Waals surface area contributed by atoms with Gasteiger partial charge in [0.15, 0.2) is 0 Å². The summed E-state index contributed by atoms with van der Waals surface area (Å²) in [7, 11) is 0. The van der Waals surface area contributed by atoms with Crippen molar-refractivity contribution in [3.63, 3.8) is 0 Å². The Kier molecular flexibility index (Phi) is 3.38. The third-order valence-corrected chi connectivity index (χ3v) is 4.40. The van der Waals surface area contributed by atoms with Crippen molar-refractivity contribution in [3.8, 4) is 0 Å². The molecule has 2 unspecified atom stereocenters. The first-order valence-corrected chi connectivity index (χ1v) is 7.33. The molecule has 2 aliphatic heterocycles. The lowest BCUT2D eigenvalue weighted by Crippen LogP contribution is -2.43. The van der Waals surface area contributed by atoms with E-state index in [1.165, 1.54) is 12.8 Å². The van der Waals surface area contributed by atoms with E-state index in [0.29, 0.717) is 29.5 Å². The second-order valence-corrected chi connectivity index (χ2v) is 6.12. The summed E-state index contributed by atoms with van der Waals surface area (Å²) in [5.74, 6) is 0.246. The number of carbonyl (C=O) groups excluding carboxylic acids is 1. The lowest BCUT2D eigenvalue weighted by molar-refractivity contribution is 0.1000. The number of pyridine rings is 1. The van der Waals surface area contributed by atoms with E-state index in [9.17, 15) is 4.79 Å². The molecule has 0 aliphatic carbocycles. The highest BCUT2D eigenvalue weighted by Crippen LogP contribution is 2.29. The topological polar surface area (TPSA) is 80.0 Å². The molecule has 0 radical (unpaired) electrons. The average molecular weight is 274 g/mol. The highest BCUT2D eigenvalue weighted by atomic mass is 16.1. The van der Waals surface area contributed by atoms with Crippen molar-refractivity contribution in [2.75, 3.05) is 5.32 Å². The summed E-state index contributed by atoms with van der Waals surface area (Å²) in [6.07, 6.45) is 4.68. The highest BCUT2D eigenvalue weighted by molar-refractivity contribution is 5.99. The number of hydrogen-bond acceptors (Lipinski definition) is 4. The fraction of sp³-hybridized carbons (Fsp3) is 0.600. The molecule has 2 aliphatic rings. The van der Waals surface area contributed by atoms with Crippen LogP contribution in [-0.4, -0.2) is 29.0 Å². The number of piperidine rings is 1. The smallest absolute Gasteiger partial charge is 0.252 e. The van der Waals surface area contributed by atoms with E-state index in [-0.39, 0.29) is 0 Å². The summed E-state index contributed by atoms with van der Waals surface area (Å²) in [6.45, 7) is 3.85. The van der Waals surface area contributed by atoms with Gasteiger partial charge in [-0.2, -0.15) is 0 Å². The minimum Gasteiger partial charge on any atom is -0.367 e. The Morgan fingerprint density at radius 3 is 2.60 bits per heavy atom. The van der Waals surface area contributed by atoms with Crippen molar-refractivity contribution in [2.45, 2.75) is 57.7 Å². The summed E-state index contributed by atoms with van der Waals surface area (Å²) in [6, 6.07) is 3.49. The van der Waals surface area contributed by atoms with Crippen LogP contribution in [0.1, 0.15) is 47.3 Å². The van der Waals surface area contributed by atoms with Gasteiger partial charge < -0.3 is 16.4 Å². The molecular weight excluding hydrogens is 252 g/mol. The maximum Gasteiger partial charge on any atom is 0.252 e. The number of nitrogens with two attached hydrogens (primary N) is 1. The number of primary amides is 1. The molecule has 20 heavy (non-hydrogen) atoms. The Morgan fingerprint density at radius 2 is 2.00 bits per heavy atom. The van der Waals surface area contributed by atoms with Gasteiger partial charge in [-0.15, -0.1) is 0 Å². The molecule has 2 atom stereocenters. The first-order valence-electron chi connectivity index (χ1n) is 7.33. The van der Waals surface area contributed by atoms with Crippen molar-refractivity contribution in [3.05, 3.63) is 22.9 Å². The van der Waals surface area contributed by atoms with Gasteiger partial charge in [-0.05, 0) is 51.2 Å². The molecule has 2 bridgehead atoms. The first kappa shape index (κ1) is 13.4. The number of rotatable bonds is 3. The summed E-state index contributed by atoms with van der Waals surface area (Å²) < 4.78 is 0. The molecule has 4 N–H and O–H groups in total. The zero-order chi connectivity index (χ0) is 14.3. The van der Waals surface area contributed by atoms with Crippen LogP contribution in [0.4, 0.5) is 5.82 Å². The molecule has 1 aromatic rings. The van der Waals surface area contributed by atoms with Crippen molar-refractivity contribution < 1.29 is 4.79 Å². The van der Waals surface area contributed by atoms with Crippen LogP contribution in [0.15, 0.2) is 6.07 Å². The van der Waals surface area contributed by atoms with Gasteiger partial charge in [-0.3, -0.25) is 4.79 Å². The Hall–Kier alpha value is -1.62. The van der Waals surface area contributed by atoms with Crippen molar-refractivity contribution in [2.24, 2.45) is 5.73 Å². The van der Waals surface area contributed by atoms with Crippen LogP contribution in [0.2, 0.25) is 0 Å². The van der Waals surface area contributed by atoms with Crippen LogP contribution < -0.4 is 16.4 Å². The fourth-order valence-electron chi connectivity index (χ4n) is 3.62. The van der Waals surface area contributed by atoms with Crippen LogP contribution in [0.25, 0.3) is 0 Å². The third-order valence-electron chi connectivity index (χ3n) is 4.40. The van der Waals surface area contributed by atoms with Crippen molar-refractivity contribution in [1.29, 1.82) is 0 Å². The van der Waals surface area contributed by atoms with Crippen LogP contribution in [-0.2, 0) is 0 Å². The first-order chi connectivity index (χ1) is 9.52. The van der Waals surface area contributed by atoms with Gasteiger partial charge in [-0.25, -0.2) is 4.98 Å². The monoisotopic (exact) mass is 274 g/mol. The second-order valence-electron chi connectivity index (χ2n) is 6.12. The van der Waals surface area contributed by atoms with Crippen molar-refractivity contribution in [1.82, 2.24) is 10.3 Å². The predicted molar refractivity (Wildman–Crippen MR) is 78.8 cm³/mol. The normalized spacial score (nSPS) is 28.4. The van der Waals surface area contributed by atoms with Crippen molar-refractivity contribution >= 4 is 11.7 Å². The number of anilines is 1. The van der Waals surface area contributed by atoms with E-state index < -0.39 is 5.91 Å². The number of aryl methyl sites for hydroxylation is 2. The standard InChI is InChI=1S/C15H22N4O/c1-8-5-9(2)17-15(13(8)14(16)20)19-12-6-10-3-4-11(7-12)18-10/h5,10-12,18H,3-4,6-7H2,1-2H3,(H2,16,20)(H,17,19). The number of hydrogen-bond donors (Lipinski definition) is 3. The highest BCUT2D eigenvalue weighted by Gasteiger charge is 2.34. The molecule has 108 valence electrons. The largest absolute Gasteiger partial charge is 0.367 e. The Bertz CT molecular complexity index is 531. The molecule has 0 spiro atoms. The third kappa shape index (κ3) is 2.50. The number of amides is 1. The Morgan fingerprint density at radius 1 is 1.35 bits per heavy atom. The van der Waals surface area contributed by atoms with Gasteiger partial charge in [0.1, 0.15) is 5.82 Å². The van der Waals surface area contributed by atoms with Gasteiger partial charge in [0, 0.05) is 23.8 Å². The van der Waals surface area contributed by atoms with Gasteiger partial charge in [0.25, 0.3) is 5.91 Å². The molecule has 1 aromatic heterocycles. The molecule has 0 saturated carbocycles. The lowest BCUT2D eigenvalue weighted by atomic mass is 9.99. The van der Waals surface area contributed by atoms with Crippen LogP contribution in [0, 0.1) is 13.8 Å². The molecule has 5 nitrogen and oxygen atoms in total. The zero-order valence-corrected chi connectivity index (χ0v) is 12.1.